The maximum atomic E-state index is 12.4. The van der Waals surface area contributed by atoms with E-state index in [0.717, 1.165) is 0 Å². The van der Waals surface area contributed by atoms with Gasteiger partial charge in [-0.25, -0.2) is 5.01 Å². The van der Waals surface area contributed by atoms with Crippen LogP contribution < -0.4 is 0 Å². The molecule has 1 heterocycles. The maximum absolute atomic E-state index is 12.4. The molecule has 0 aliphatic carbocycles. The summed E-state index contributed by atoms with van der Waals surface area (Å²) in [5, 5.41) is 4.91. The minimum Gasteiger partial charge on any atom is -0.316 e. The number of hydrazone groups is 1. The molecular weight excluding hydrogens is 109 g/mol. The Kier molecular flexibility index (Phi) is 1.08. The van der Waals surface area contributed by atoms with Crippen molar-refractivity contribution in [3.05, 3.63) is 0 Å². The topological polar surface area (TPSA) is 18.8 Å². The van der Waals surface area contributed by atoms with Gasteiger partial charge in [-0.1, -0.05) is 0 Å². The first-order valence-corrected chi connectivity index (χ1v) is 2.35. The molecule has 46 valence electrons. The van der Waals surface area contributed by atoms with Crippen molar-refractivity contribution < 1.29 is 4.39 Å². The molecule has 8 heavy (non-hydrogen) atoms. The Morgan fingerprint density at radius 2 is 2.25 bits per heavy atom. The molecule has 0 bridgehead atoms. The van der Waals surface area contributed by atoms with Crippen LogP contribution in [0.3, 0.4) is 0 Å². The lowest BCUT2D eigenvalue weighted by Crippen LogP contribution is -2.30. The van der Waals surface area contributed by atoms with Crippen molar-refractivity contribution in [1.82, 2.24) is 9.91 Å². The molecule has 0 spiro atoms. The molecule has 0 aromatic heterocycles. The van der Waals surface area contributed by atoms with E-state index in [0.29, 0.717) is 0 Å². The molecule has 1 atom stereocenters. The second kappa shape index (κ2) is 1.61. The van der Waals surface area contributed by atoms with Crippen LogP contribution in [0.4, 0.5) is 4.39 Å². The quantitative estimate of drug-likeness (QED) is 0.418. The molecular formula is C4H8FN3. The van der Waals surface area contributed by atoms with Crippen LogP contribution in [0.2, 0.25) is 0 Å². The molecule has 3 nitrogen and oxygen atoms in total. The first kappa shape index (κ1) is 5.34. The van der Waals surface area contributed by atoms with Gasteiger partial charge in [0.15, 0.2) is 0 Å². The largest absolute Gasteiger partial charge is 0.316 e. The van der Waals surface area contributed by atoms with Crippen LogP contribution in [0.15, 0.2) is 5.10 Å². The number of hydrogen-bond acceptors (Lipinski definition) is 3. The highest BCUT2D eigenvalue weighted by Crippen LogP contribution is 2.06. The van der Waals surface area contributed by atoms with Gasteiger partial charge in [-0.15, -0.1) is 0 Å². The van der Waals surface area contributed by atoms with Crippen LogP contribution in [0, 0.1) is 0 Å². The Balaban J connectivity index is 2.55. The van der Waals surface area contributed by atoms with E-state index in [-0.39, 0.29) is 0 Å². The van der Waals surface area contributed by atoms with Crippen LogP contribution in [0.5, 0.6) is 0 Å². The predicted octanol–water partition coefficient (Wildman–Crippen LogP) is 0.0600. The maximum Gasteiger partial charge on any atom is 0.264 e. The van der Waals surface area contributed by atoms with E-state index in [9.17, 15) is 4.39 Å². The lowest BCUT2D eigenvalue weighted by molar-refractivity contribution is 0.0478. The van der Waals surface area contributed by atoms with Gasteiger partial charge in [-0.3, -0.25) is 0 Å². The van der Waals surface area contributed by atoms with Crippen molar-refractivity contribution in [1.29, 1.82) is 0 Å². The van der Waals surface area contributed by atoms with Crippen LogP contribution in [0.1, 0.15) is 0 Å². The first-order valence-electron chi connectivity index (χ1n) is 2.35. The summed E-state index contributed by atoms with van der Waals surface area (Å²) < 4.78 is 12.4. The van der Waals surface area contributed by atoms with Gasteiger partial charge in [0.05, 0.1) is 0 Å². The molecule has 1 aliphatic rings. The van der Waals surface area contributed by atoms with E-state index in [1.54, 1.807) is 14.1 Å². The standard InChI is InChI=1S/C4H8FN3/c1-7-3-6-8(2)4(7)5/h3-4H,1-2H3. The summed E-state index contributed by atoms with van der Waals surface area (Å²) in [4.78, 5) is 1.39. The summed E-state index contributed by atoms with van der Waals surface area (Å²) in [5.41, 5.74) is 0. The minimum absolute atomic E-state index is 1.07. The predicted molar refractivity (Wildman–Crippen MR) is 28.9 cm³/mol. The highest BCUT2D eigenvalue weighted by molar-refractivity contribution is 5.55. The van der Waals surface area contributed by atoms with Crippen molar-refractivity contribution in [2.24, 2.45) is 5.10 Å². The highest BCUT2D eigenvalue weighted by atomic mass is 19.1. The lowest BCUT2D eigenvalue weighted by atomic mass is 10.8. The van der Waals surface area contributed by atoms with E-state index in [1.165, 1.54) is 16.2 Å². The van der Waals surface area contributed by atoms with E-state index in [2.05, 4.69) is 5.10 Å². The van der Waals surface area contributed by atoms with E-state index < -0.39 is 6.42 Å². The molecule has 0 saturated heterocycles. The fourth-order valence-corrected chi connectivity index (χ4v) is 0.537. The third kappa shape index (κ3) is 0.616. The summed E-state index contributed by atoms with van der Waals surface area (Å²) >= 11 is 0. The third-order valence-electron chi connectivity index (χ3n) is 1.06. The fraction of sp³-hybridized carbons (Fsp3) is 0.750. The van der Waals surface area contributed by atoms with Gasteiger partial charge in [0.1, 0.15) is 6.34 Å². The first-order chi connectivity index (χ1) is 3.72. The fourth-order valence-electron chi connectivity index (χ4n) is 0.537. The van der Waals surface area contributed by atoms with Gasteiger partial charge in [-0.05, 0) is 0 Å². The number of hydrogen-bond donors (Lipinski definition) is 0. The van der Waals surface area contributed by atoms with Crippen LogP contribution in [-0.2, 0) is 0 Å². The molecule has 1 unspecified atom stereocenters. The van der Waals surface area contributed by atoms with E-state index >= 15 is 0 Å². The lowest BCUT2D eigenvalue weighted by Gasteiger charge is -2.15. The summed E-state index contributed by atoms with van der Waals surface area (Å²) in [6.45, 7) is 0. The Bertz CT molecular complexity index is 102. The average Bonchev–Trinajstić information content (AvgIpc) is 1.98. The number of nitrogens with zero attached hydrogens (tertiary/aromatic N) is 3. The Hall–Kier alpha value is -0.800. The number of alkyl halides is 1. The molecule has 4 heteroatoms. The normalized spacial score (nSPS) is 27.6. The number of halogens is 1. The zero-order chi connectivity index (χ0) is 6.15. The molecule has 0 saturated carbocycles. The van der Waals surface area contributed by atoms with Crippen molar-refractivity contribution in [3.8, 4) is 0 Å². The van der Waals surface area contributed by atoms with Gasteiger partial charge in [0.2, 0.25) is 0 Å². The molecule has 0 fully saturated rings. The summed E-state index contributed by atoms with van der Waals surface area (Å²) in [5.74, 6) is 0. The zero-order valence-electron chi connectivity index (χ0n) is 4.87. The summed E-state index contributed by atoms with van der Waals surface area (Å²) in [6, 6.07) is 0. The summed E-state index contributed by atoms with van der Waals surface area (Å²) in [7, 11) is 3.22. The highest BCUT2D eigenvalue weighted by Gasteiger charge is 2.19. The van der Waals surface area contributed by atoms with Crippen molar-refractivity contribution >= 4 is 6.34 Å². The van der Waals surface area contributed by atoms with Gasteiger partial charge >= 0.3 is 0 Å². The van der Waals surface area contributed by atoms with Crippen molar-refractivity contribution in [2.45, 2.75) is 6.42 Å². The minimum atomic E-state index is -1.07. The smallest absolute Gasteiger partial charge is 0.264 e. The van der Waals surface area contributed by atoms with Crippen molar-refractivity contribution in [2.75, 3.05) is 14.1 Å². The Labute approximate surface area is 47.4 Å². The molecule has 0 N–H and O–H groups in total. The molecule has 0 aromatic rings. The Morgan fingerprint density at radius 3 is 2.38 bits per heavy atom. The molecule has 0 radical (unpaired) electrons. The average molecular weight is 117 g/mol. The molecule has 1 rings (SSSR count). The van der Waals surface area contributed by atoms with Crippen LogP contribution in [-0.4, -0.2) is 36.8 Å². The van der Waals surface area contributed by atoms with Gasteiger partial charge in [0, 0.05) is 14.1 Å². The second-order valence-corrected chi connectivity index (χ2v) is 1.78. The Morgan fingerprint density at radius 1 is 1.62 bits per heavy atom. The van der Waals surface area contributed by atoms with Gasteiger partial charge < -0.3 is 4.90 Å². The molecule has 0 aromatic carbocycles. The van der Waals surface area contributed by atoms with Crippen molar-refractivity contribution in [3.63, 3.8) is 0 Å². The molecule has 1 aliphatic heterocycles. The summed E-state index contributed by atoms with van der Waals surface area (Å²) in [6.07, 6.45) is 0.375. The third-order valence-corrected chi connectivity index (χ3v) is 1.06. The van der Waals surface area contributed by atoms with Gasteiger partial charge in [-0.2, -0.15) is 9.49 Å². The monoisotopic (exact) mass is 117 g/mol. The van der Waals surface area contributed by atoms with E-state index in [1.807, 2.05) is 0 Å². The second-order valence-electron chi connectivity index (χ2n) is 1.78. The SMILES string of the molecule is CN1C=NN(C)C1F. The number of rotatable bonds is 0. The van der Waals surface area contributed by atoms with Crippen LogP contribution in [0.25, 0.3) is 0 Å². The van der Waals surface area contributed by atoms with E-state index in [4.69, 9.17) is 0 Å². The zero-order valence-corrected chi connectivity index (χ0v) is 4.87. The van der Waals surface area contributed by atoms with Crippen LogP contribution >= 0.6 is 0 Å². The molecule has 0 amide bonds. The van der Waals surface area contributed by atoms with Gasteiger partial charge in [0.25, 0.3) is 6.42 Å².